The lowest BCUT2D eigenvalue weighted by Crippen LogP contribution is -2.27. The lowest BCUT2D eigenvalue weighted by Gasteiger charge is -2.24. The molecular weight excluding hydrogens is 414 g/mol. The van der Waals surface area contributed by atoms with E-state index in [4.69, 9.17) is 0 Å². The zero-order valence-electron chi connectivity index (χ0n) is 16.1. The number of nitrogens with zero attached hydrogens (tertiary/aromatic N) is 1. The van der Waals surface area contributed by atoms with Crippen LogP contribution in [0.15, 0.2) is 0 Å². The van der Waals surface area contributed by atoms with Gasteiger partial charge in [-0.2, -0.15) is 0 Å². The highest BCUT2D eigenvalue weighted by Gasteiger charge is 2.10. The second-order valence-corrected chi connectivity index (χ2v) is 7.92. The number of rotatable bonds is 17. The van der Waals surface area contributed by atoms with Crippen molar-refractivity contribution < 1.29 is 0 Å². The van der Waals surface area contributed by atoms with Gasteiger partial charge in [0, 0.05) is 11.4 Å². The molecule has 0 bridgehead atoms. The molecule has 0 aliphatic carbocycles. The van der Waals surface area contributed by atoms with Crippen molar-refractivity contribution in [3.05, 3.63) is 0 Å². The lowest BCUT2D eigenvalue weighted by atomic mass is 9.99. The highest BCUT2D eigenvalue weighted by molar-refractivity contribution is 9.09. The number of halogens is 2. The van der Waals surface area contributed by atoms with Gasteiger partial charge in [0.25, 0.3) is 0 Å². The molecule has 1 nitrogen and oxygen atoms in total. The van der Waals surface area contributed by atoms with Gasteiger partial charge in [-0.3, -0.25) is 0 Å². The van der Waals surface area contributed by atoms with Crippen LogP contribution >= 0.6 is 32.9 Å². The van der Waals surface area contributed by atoms with Crippen LogP contribution < -0.4 is 0 Å². The maximum absolute atomic E-state index is 3.52. The number of hydrogen-bond acceptors (Lipinski definition) is 1. The van der Waals surface area contributed by atoms with Gasteiger partial charge in [-0.15, -0.1) is 17.0 Å². The van der Waals surface area contributed by atoms with Crippen LogP contribution in [0.4, 0.5) is 0 Å². The number of hydrogen-bond donors (Lipinski definition) is 0. The van der Waals surface area contributed by atoms with Crippen molar-refractivity contribution in [3.8, 4) is 0 Å². The Morgan fingerprint density at radius 2 is 1.04 bits per heavy atom. The third-order valence-electron chi connectivity index (χ3n) is 4.79. The van der Waals surface area contributed by atoms with Crippen LogP contribution in [0.25, 0.3) is 0 Å². The Balaban J connectivity index is 0. The van der Waals surface area contributed by atoms with Crippen LogP contribution in [-0.4, -0.2) is 30.4 Å². The third-order valence-corrected chi connectivity index (χ3v) is 5.35. The Morgan fingerprint density at radius 3 is 1.43 bits per heavy atom. The molecule has 0 amide bonds. The van der Waals surface area contributed by atoms with Crippen LogP contribution in [0, 0.1) is 0 Å². The van der Waals surface area contributed by atoms with Crippen LogP contribution in [0.5, 0.6) is 0 Å². The molecule has 23 heavy (non-hydrogen) atoms. The van der Waals surface area contributed by atoms with E-state index >= 15 is 0 Å². The second-order valence-electron chi connectivity index (χ2n) is 7.13. The minimum atomic E-state index is 0. The maximum Gasteiger partial charge on any atom is 0.00891 e. The van der Waals surface area contributed by atoms with E-state index in [0.29, 0.717) is 0 Å². The van der Waals surface area contributed by atoms with Crippen molar-refractivity contribution in [1.82, 2.24) is 4.90 Å². The summed E-state index contributed by atoms with van der Waals surface area (Å²) in [4.78, 5) is 2.45. The average molecular weight is 457 g/mol. The van der Waals surface area contributed by atoms with Gasteiger partial charge in [-0.25, -0.2) is 0 Å². The average Bonchev–Trinajstić information content (AvgIpc) is 2.50. The summed E-state index contributed by atoms with van der Waals surface area (Å²) in [7, 11) is 4.52. The predicted octanol–water partition coefficient (Wildman–Crippen LogP) is 7.76. The first kappa shape index (κ1) is 26.2. The first-order valence-corrected chi connectivity index (χ1v) is 11.1. The monoisotopic (exact) mass is 455 g/mol. The Hall–Kier alpha value is 0.920. The van der Waals surface area contributed by atoms with E-state index in [2.05, 4.69) is 41.8 Å². The number of unbranched alkanes of at least 4 members (excludes halogenated alkanes) is 11. The van der Waals surface area contributed by atoms with Gasteiger partial charge in [0.2, 0.25) is 0 Å². The molecule has 0 aromatic heterocycles. The molecule has 0 spiro atoms. The molecule has 0 N–H and O–H groups in total. The van der Waals surface area contributed by atoms with Crippen molar-refractivity contribution in [3.63, 3.8) is 0 Å². The highest BCUT2D eigenvalue weighted by Crippen LogP contribution is 2.17. The first-order chi connectivity index (χ1) is 10.7. The fourth-order valence-corrected chi connectivity index (χ4v) is 3.58. The van der Waals surface area contributed by atoms with Crippen LogP contribution in [-0.2, 0) is 0 Å². The van der Waals surface area contributed by atoms with Gasteiger partial charge < -0.3 is 4.90 Å². The van der Waals surface area contributed by atoms with Crippen LogP contribution in [0.2, 0.25) is 0 Å². The molecule has 3 heteroatoms. The topological polar surface area (TPSA) is 3.24 Å². The van der Waals surface area contributed by atoms with E-state index < -0.39 is 0 Å². The number of alkyl halides is 1. The summed E-state index contributed by atoms with van der Waals surface area (Å²) in [5, 5.41) is 1.17. The van der Waals surface area contributed by atoms with E-state index in [0.717, 1.165) is 6.04 Å². The SMILES string of the molecule is Br.CCCCCCCCCCCC(CCCCCCBr)N(C)C. The molecule has 0 aliphatic heterocycles. The van der Waals surface area contributed by atoms with E-state index in [1.165, 1.54) is 102 Å². The van der Waals surface area contributed by atoms with Gasteiger partial charge in [0.05, 0.1) is 0 Å². The minimum Gasteiger partial charge on any atom is -0.306 e. The standard InChI is InChI=1S/C20H42BrN.BrH/c1-4-5-6-7-8-9-10-11-14-17-20(22(2)3)18-15-12-13-16-19-21;/h20H,4-19H2,1-3H3;1H. The van der Waals surface area contributed by atoms with Gasteiger partial charge in [-0.05, 0) is 33.4 Å². The fraction of sp³-hybridized carbons (Fsp3) is 1.00. The molecule has 0 aromatic rings. The van der Waals surface area contributed by atoms with Crippen molar-refractivity contribution in [2.24, 2.45) is 0 Å². The largest absolute Gasteiger partial charge is 0.306 e. The summed E-state index contributed by atoms with van der Waals surface area (Å²) in [5.74, 6) is 0. The summed E-state index contributed by atoms with van der Waals surface area (Å²) in [5.41, 5.74) is 0. The first-order valence-electron chi connectivity index (χ1n) is 9.94. The van der Waals surface area contributed by atoms with E-state index in [9.17, 15) is 0 Å². The quantitative estimate of drug-likeness (QED) is 0.159. The highest BCUT2D eigenvalue weighted by atomic mass is 79.9. The molecule has 0 aromatic carbocycles. The van der Waals surface area contributed by atoms with Crippen molar-refractivity contribution in [2.45, 2.75) is 109 Å². The zero-order valence-corrected chi connectivity index (χ0v) is 19.4. The molecule has 0 aliphatic rings. The smallest absolute Gasteiger partial charge is 0.00891 e. The van der Waals surface area contributed by atoms with E-state index in [1.54, 1.807) is 0 Å². The van der Waals surface area contributed by atoms with Gasteiger partial charge in [-0.1, -0.05) is 99.9 Å². The summed E-state index contributed by atoms with van der Waals surface area (Å²) in [6.45, 7) is 2.29. The minimum absolute atomic E-state index is 0. The van der Waals surface area contributed by atoms with Gasteiger partial charge in [0.15, 0.2) is 0 Å². The predicted molar refractivity (Wildman–Crippen MR) is 117 cm³/mol. The molecule has 0 saturated heterocycles. The molecule has 142 valence electrons. The van der Waals surface area contributed by atoms with Crippen molar-refractivity contribution in [2.75, 3.05) is 19.4 Å². The lowest BCUT2D eigenvalue weighted by molar-refractivity contribution is 0.251. The third kappa shape index (κ3) is 19.1. The van der Waals surface area contributed by atoms with Gasteiger partial charge in [0.1, 0.15) is 0 Å². The van der Waals surface area contributed by atoms with Gasteiger partial charge >= 0.3 is 0 Å². The Morgan fingerprint density at radius 1 is 0.652 bits per heavy atom. The van der Waals surface area contributed by atoms with E-state index in [1.807, 2.05) is 0 Å². The Kier molecular flexibility index (Phi) is 23.8. The van der Waals surface area contributed by atoms with Crippen LogP contribution in [0.3, 0.4) is 0 Å². The molecule has 1 atom stereocenters. The molecule has 0 heterocycles. The second kappa shape index (κ2) is 21.0. The van der Waals surface area contributed by atoms with E-state index in [-0.39, 0.29) is 17.0 Å². The normalized spacial score (nSPS) is 12.4. The van der Waals surface area contributed by atoms with Crippen molar-refractivity contribution >= 4 is 32.9 Å². The zero-order chi connectivity index (χ0) is 16.5. The Bertz CT molecular complexity index is 210. The molecule has 0 radical (unpaired) electrons. The molecule has 0 fully saturated rings. The summed E-state index contributed by atoms with van der Waals surface area (Å²) in [6, 6.07) is 0.813. The summed E-state index contributed by atoms with van der Waals surface area (Å²) >= 11 is 3.52. The molecule has 0 rings (SSSR count). The maximum atomic E-state index is 3.52. The summed E-state index contributed by atoms with van der Waals surface area (Å²) in [6.07, 6.45) is 21.3. The van der Waals surface area contributed by atoms with Crippen LogP contribution in [0.1, 0.15) is 103 Å². The molecule has 0 saturated carbocycles. The Labute approximate surface area is 166 Å². The molecule has 1 unspecified atom stereocenters. The molecular formula is C20H43Br2N. The van der Waals surface area contributed by atoms with Crippen molar-refractivity contribution in [1.29, 1.82) is 0 Å². The fourth-order valence-electron chi connectivity index (χ4n) is 3.18. The summed E-state index contributed by atoms with van der Waals surface area (Å²) < 4.78 is 0.